The number of hydrogen-bond donors (Lipinski definition) is 0. The van der Waals surface area contributed by atoms with Crippen LogP contribution >= 0.6 is 0 Å². The predicted molar refractivity (Wildman–Crippen MR) is 119 cm³/mol. The minimum atomic E-state index is -0.852. The van der Waals surface area contributed by atoms with Crippen LogP contribution in [0.15, 0.2) is 0 Å². The van der Waals surface area contributed by atoms with Crippen molar-refractivity contribution in [1.29, 1.82) is 0 Å². The van der Waals surface area contributed by atoms with E-state index in [-0.39, 0.29) is 34.9 Å². The molecular weight excluding hydrogens is 377 g/mol. The fourth-order valence-electron chi connectivity index (χ4n) is 3.30. The van der Waals surface area contributed by atoms with Gasteiger partial charge >= 0.3 is 23.1 Å². The number of aliphatic carboxylic acids is 2. The Bertz CT molecular complexity index is 327. The minimum absolute atomic E-state index is 0. The predicted octanol–water partition coefficient (Wildman–Crippen LogP) is 4.65. The summed E-state index contributed by atoms with van der Waals surface area (Å²) in [5.41, 5.74) is 0. The summed E-state index contributed by atoms with van der Waals surface area (Å²) in [6, 6.07) is 0. The molecule has 29 heavy (non-hydrogen) atoms. The molecule has 0 aliphatic rings. The normalized spacial score (nSPS) is 12.3. The van der Waals surface area contributed by atoms with Crippen molar-refractivity contribution in [3.63, 3.8) is 0 Å². The van der Waals surface area contributed by atoms with Crippen LogP contribution in [-0.2, 0) is 9.59 Å². The van der Waals surface area contributed by atoms with Crippen molar-refractivity contribution in [2.75, 3.05) is 0 Å². The number of hydrogen-bond acceptors (Lipinski definition) is 4. The van der Waals surface area contributed by atoms with Gasteiger partial charge in [-0.2, -0.15) is 0 Å². The SMILES string of the molecule is CCCCCCC(CCCC)C(=O)[O-].CCCCCCC(CCCC)C(=O)[O-].[Mg+2]. The number of rotatable bonds is 18. The van der Waals surface area contributed by atoms with Crippen molar-refractivity contribution < 1.29 is 19.8 Å². The molecule has 0 N–H and O–H groups in total. The smallest absolute Gasteiger partial charge is 0.550 e. The third-order valence-corrected chi connectivity index (χ3v) is 5.29. The van der Waals surface area contributed by atoms with Gasteiger partial charge in [-0.05, 0) is 37.5 Å². The quantitative estimate of drug-likeness (QED) is 0.238. The molecule has 0 aromatic heterocycles. The van der Waals surface area contributed by atoms with Crippen LogP contribution in [0.1, 0.15) is 130 Å². The molecule has 0 amide bonds. The molecule has 0 rings (SSSR count). The van der Waals surface area contributed by atoms with E-state index in [4.69, 9.17) is 0 Å². The number of carboxylic acid groups (broad SMARTS) is 2. The maximum absolute atomic E-state index is 10.8. The van der Waals surface area contributed by atoms with Gasteiger partial charge in [0.2, 0.25) is 0 Å². The van der Waals surface area contributed by atoms with E-state index in [2.05, 4.69) is 27.7 Å². The molecule has 0 heterocycles. The van der Waals surface area contributed by atoms with Crippen molar-refractivity contribution in [3.05, 3.63) is 0 Å². The van der Waals surface area contributed by atoms with Crippen LogP contribution in [0.4, 0.5) is 0 Å². The van der Waals surface area contributed by atoms with Crippen LogP contribution in [0, 0.1) is 11.8 Å². The van der Waals surface area contributed by atoms with Crippen LogP contribution < -0.4 is 10.2 Å². The van der Waals surface area contributed by atoms with Crippen molar-refractivity contribution in [2.45, 2.75) is 130 Å². The van der Waals surface area contributed by atoms with Crippen LogP contribution in [0.3, 0.4) is 0 Å². The zero-order valence-electron chi connectivity index (χ0n) is 19.8. The summed E-state index contributed by atoms with van der Waals surface area (Å²) >= 11 is 0. The molecule has 0 bridgehead atoms. The first kappa shape index (κ1) is 33.3. The van der Waals surface area contributed by atoms with Gasteiger partial charge in [0.1, 0.15) is 0 Å². The van der Waals surface area contributed by atoms with E-state index >= 15 is 0 Å². The fourth-order valence-corrected chi connectivity index (χ4v) is 3.30. The minimum Gasteiger partial charge on any atom is -0.550 e. The Balaban J connectivity index is -0.000000451. The van der Waals surface area contributed by atoms with Gasteiger partial charge in [-0.25, -0.2) is 0 Å². The Kier molecular flexibility index (Phi) is 29.6. The monoisotopic (exact) mass is 422 g/mol. The first-order valence-corrected chi connectivity index (χ1v) is 11.9. The summed E-state index contributed by atoms with van der Waals surface area (Å²) in [7, 11) is 0. The summed E-state index contributed by atoms with van der Waals surface area (Å²) < 4.78 is 0. The van der Waals surface area contributed by atoms with Gasteiger partial charge in [0.25, 0.3) is 0 Å². The molecule has 0 fully saturated rings. The van der Waals surface area contributed by atoms with Crippen LogP contribution in [-0.4, -0.2) is 35.0 Å². The Morgan fingerprint density at radius 3 is 1.03 bits per heavy atom. The second kappa shape index (κ2) is 25.7. The molecule has 0 aromatic rings. The van der Waals surface area contributed by atoms with Gasteiger partial charge in [-0.15, -0.1) is 0 Å². The first-order chi connectivity index (χ1) is 13.4. The second-order valence-corrected chi connectivity index (χ2v) is 8.02. The molecule has 5 heteroatoms. The van der Waals surface area contributed by atoms with Gasteiger partial charge in [0.15, 0.2) is 0 Å². The molecule has 0 radical (unpaired) electrons. The average Bonchev–Trinajstić information content (AvgIpc) is 2.67. The summed E-state index contributed by atoms with van der Waals surface area (Å²) in [6.07, 6.45) is 16.6. The van der Waals surface area contributed by atoms with Crippen molar-refractivity contribution >= 4 is 35.0 Å². The Labute approximate surface area is 196 Å². The van der Waals surface area contributed by atoms with Gasteiger partial charge in [0, 0.05) is 11.9 Å². The van der Waals surface area contributed by atoms with E-state index in [9.17, 15) is 19.8 Å². The molecule has 0 aliphatic heterocycles. The summed E-state index contributed by atoms with van der Waals surface area (Å²) in [5.74, 6) is -2.11. The second-order valence-electron chi connectivity index (χ2n) is 8.02. The van der Waals surface area contributed by atoms with Crippen LogP contribution in [0.25, 0.3) is 0 Å². The van der Waals surface area contributed by atoms with E-state index in [0.29, 0.717) is 0 Å². The molecule has 0 aromatic carbocycles. The van der Waals surface area contributed by atoms with Crippen LogP contribution in [0.5, 0.6) is 0 Å². The Morgan fingerprint density at radius 2 is 0.793 bits per heavy atom. The molecule has 2 atom stereocenters. The number of unbranched alkanes of at least 4 members (excludes halogenated alkanes) is 8. The number of carboxylic acids is 2. The fraction of sp³-hybridized carbons (Fsp3) is 0.917. The summed E-state index contributed by atoms with van der Waals surface area (Å²) in [6.45, 7) is 8.49. The molecule has 2 unspecified atom stereocenters. The van der Waals surface area contributed by atoms with Crippen molar-refractivity contribution in [3.8, 4) is 0 Å². The van der Waals surface area contributed by atoms with Gasteiger partial charge in [-0.3, -0.25) is 0 Å². The molecule has 0 aliphatic carbocycles. The van der Waals surface area contributed by atoms with Gasteiger partial charge < -0.3 is 19.8 Å². The molecule has 4 nitrogen and oxygen atoms in total. The van der Waals surface area contributed by atoms with Gasteiger partial charge in [-0.1, -0.05) is 105 Å². The Morgan fingerprint density at radius 1 is 0.517 bits per heavy atom. The number of carbonyl (C=O) groups excluding carboxylic acids is 2. The Hall–Kier alpha value is -0.294. The zero-order valence-corrected chi connectivity index (χ0v) is 21.2. The van der Waals surface area contributed by atoms with Gasteiger partial charge in [0.05, 0.1) is 0 Å². The summed E-state index contributed by atoms with van der Waals surface area (Å²) in [4.78, 5) is 21.5. The molecule has 168 valence electrons. The van der Waals surface area contributed by atoms with E-state index in [1.165, 1.54) is 25.7 Å². The molecular formula is C24H46MgO4. The number of carbonyl (C=O) groups is 2. The largest absolute Gasteiger partial charge is 2.00 e. The maximum Gasteiger partial charge on any atom is 2.00 e. The van der Waals surface area contributed by atoms with Crippen molar-refractivity contribution in [2.24, 2.45) is 11.8 Å². The molecule has 0 saturated carbocycles. The van der Waals surface area contributed by atoms with E-state index in [0.717, 1.165) is 77.0 Å². The van der Waals surface area contributed by atoms with E-state index < -0.39 is 11.9 Å². The zero-order chi connectivity index (χ0) is 21.6. The maximum atomic E-state index is 10.8. The van der Waals surface area contributed by atoms with E-state index in [1.807, 2.05) is 0 Å². The summed E-state index contributed by atoms with van der Waals surface area (Å²) in [5, 5.41) is 21.5. The molecule has 0 saturated heterocycles. The third kappa shape index (κ3) is 23.9. The van der Waals surface area contributed by atoms with Crippen molar-refractivity contribution in [1.82, 2.24) is 0 Å². The van der Waals surface area contributed by atoms with E-state index in [1.54, 1.807) is 0 Å². The average molecular weight is 423 g/mol. The topological polar surface area (TPSA) is 80.3 Å². The standard InChI is InChI=1S/2C12H24O2.Mg/c2*1-3-5-7-8-10-11(12(13)14)9-6-4-2;/h2*11H,3-10H2,1-2H3,(H,13,14);/q;;+2/p-2. The van der Waals surface area contributed by atoms with Crippen LogP contribution in [0.2, 0.25) is 0 Å². The molecule has 0 spiro atoms. The third-order valence-electron chi connectivity index (χ3n) is 5.29. The first-order valence-electron chi connectivity index (χ1n) is 11.9.